The van der Waals surface area contributed by atoms with Gasteiger partial charge in [-0.15, -0.1) is 0 Å². The Morgan fingerprint density at radius 3 is 2.48 bits per heavy atom. The molecule has 2 bridgehead atoms. The molecule has 25 heavy (non-hydrogen) atoms. The summed E-state index contributed by atoms with van der Waals surface area (Å²) >= 11 is 0. The van der Waals surface area contributed by atoms with Crippen molar-refractivity contribution in [3.8, 4) is 0 Å². The highest BCUT2D eigenvalue weighted by Gasteiger charge is 2.70. The second kappa shape index (κ2) is 4.87. The molecular formula is C20H30O5. The third kappa shape index (κ3) is 1.92. The van der Waals surface area contributed by atoms with Crippen molar-refractivity contribution in [2.24, 2.45) is 16.7 Å². The summed E-state index contributed by atoms with van der Waals surface area (Å²) in [7, 11) is 0. The van der Waals surface area contributed by atoms with Crippen molar-refractivity contribution in [2.75, 3.05) is 0 Å². The van der Waals surface area contributed by atoms with Crippen molar-refractivity contribution >= 4 is 5.97 Å². The van der Waals surface area contributed by atoms with Gasteiger partial charge in [0.15, 0.2) is 0 Å². The van der Waals surface area contributed by atoms with Gasteiger partial charge in [-0.2, -0.15) is 0 Å². The van der Waals surface area contributed by atoms with Crippen LogP contribution >= 0.6 is 0 Å². The van der Waals surface area contributed by atoms with E-state index in [1.165, 1.54) is 5.57 Å². The van der Waals surface area contributed by atoms with E-state index in [1.54, 1.807) is 13.8 Å². The molecule has 5 rings (SSSR count). The zero-order valence-corrected chi connectivity index (χ0v) is 15.7. The van der Waals surface area contributed by atoms with Crippen LogP contribution in [0.4, 0.5) is 0 Å². The standard InChI is InChI=1S/C20H30O5/c1-16(2,23)19-10-11-20(25-24-19)13(12-19)6-7-14-17(3,15(21)22)8-5-9-18(14,20)4/h12,14,23H,5-11H2,1-4H3,(H,21,22)/t14-,17-,18-,19-,20+/m0/s1. The molecular weight excluding hydrogens is 320 g/mol. The Kier molecular flexibility index (Phi) is 3.41. The fourth-order valence-electron chi connectivity index (χ4n) is 6.46. The van der Waals surface area contributed by atoms with Crippen LogP contribution in [0.1, 0.15) is 72.6 Å². The van der Waals surface area contributed by atoms with Gasteiger partial charge in [0.05, 0.1) is 11.0 Å². The second-order valence-corrected chi connectivity index (χ2v) is 9.70. The highest BCUT2D eigenvalue weighted by molar-refractivity contribution is 5.75. The molecule has 3 aliphatic carbocycles. The fraction of sp³-hybridized carbons (Fsp3) is 0.850. The van der Waals surface area contributed by atoms with Crippen molar-refractivity contribution < 1.29 is 24.8 Å². The number of fused-ring (bicyclic) bond motifs is 3. The van der Waals surface area contributed by atoms with Crippen LogP contribution in [-0.2, 0) is 14.6 Å². The summed E-state index contributed by atoms with van der Waals surface area (Å²) in [5, 5.41) is 20.6. The van der Waals surface area contributed by atoms with Crippen LogP contribution in [0.25, 0.3) is 0 Å². The van der Waals surface area contributed by atoms with Crippen molar-refractivity contribution in [1.82, 2.24) is 0 Å². The number of carbonyl (C=O) groups is 1. The summed E-state index contributed by atoms with van der Waals surface area (Å²) in [6.07, 6.45) is 7.85. The van der Waals surface area contributed by atoms with E-state index in [-0.39, 0.29) is 11.3 Å². The van der Waals surface area contributed by atoms with E-state index in [2.05, 4.69) is 13.0 Å². The molecule has 0 aromatic carbocycles. The Labute approximate surface area is 149 Å². The summed E-state index contributed by atoms with van der Waals surface area (Å²) in [6.45, 7) is 7.65. The number of hydrogen-bond donors (Lipinski definition) is 2. The summed E-state index contributed by atoms with van der Waals surface area (Å²) in [5.41, 5.74) is -2.11. The number of carboxylic acid groups (broad SMARTS) is 1. The molecule has 0 aromatic rings. The van der Waals surface area contributed by atoms with Gasteiger partial charge in [-0.3, -0.25) is 4.79 Å². The van der Waals surface area contributed by atoms with E-state index in [0.717, 1.165) is 38.5 Å². The Morgan fingerprint density at radius 2 is 1.92 bits per heavy atom. The van der Waals surface area contributed by atoms with Gasteiger partial charge in [0.25, 0.3) is 0 Å². The van der Waals surface area contributed by atoms with E-state index in [1.807, 2.05) is 6.92 Å². The number of rotatable bonds is 2. The summed E-state index contributed by atoms with van der Waals surface area (Å²) < 4.78 is 0. The molecule has 2 N–H and O–H groups in total. The molecule has 0 radical (unpaired) electrons. The summed E-state index contributed by atoms with van der Waals surface area (Å²) in [4.78, 5) is 24.1. The summed E-state index contributed by atoms with van der Waals surface area (Å²) in [5.74, 6) is -0.620. The van der Waals surface area contributed by atoms with E-state index in [0.29, 0.717) is 6.42 Å². The van der Waals surface area contributed by atoms with Crippen molar-refractivity contribution in [3.63, 3.8) is 0 Å². The van der Waals surface area contributed by atoms with E-state index in [4.69, 9.17) is 9.78 Å². The van der Waals surface area contributed by atoms with Crippen molar-refractivity contribution in [3.05, 3.63) is 11.6 Å². The van der Waals surface area contributed by atoms with Gasteiger partial charge in [0, 0.05) is 5.41 Å². The van der Waals surface area contributed by atoms with E-state index < -0.39 is 28.2 Å². The molecule has 5 aliphatic rings. The number of aliphatic carboxylic acids is 1. The normalized spacial score (nSPS) is 49.2. The first-order valence-corrected chi connectivity index (χ1v) is 9.56. The lowest BCUT2D eigenvalue weighted by Gasteiger charge is -2.66. The van der Waals surface area contributed by atoms with Gasteiger partial charge in [-0.25, -0.2) is 9.78 Å². The van der Waals surface area contributed by atoms with Crippen LogP contribution in [0.5, 0.6) is 0 Å². The first-order chi connectivity index (χ1) is 11.5. The lowest BCUT2D eigenvalue weighted by Crippen LogP contribution is -2.70. The molecule has 0 aromatic heterocycles. The van der Waals surface area contributed by atoms with E-state index >= 15 is 0 Å². The van der Waals surface area contributed by atoms with Gasteiger partial charge in [-0.05, 0) is 76.9 Å². The maximum absolute atomic E-state index is 12.1. The molecule has 2 saturated carbocycles. The lowest BCUT2D eigenvalue weighted by atomic mass is 9.43. The van der Waals surface area contributed by atoms with Crippen LogP contribution in [0.3, 0.4) is 0 Å². The maximum atomic E-state index is 12.1. The molecule has 0 unspecified atom stereocenters. The SMILES string of the molecule is CC(C)(O)[C@@]12C=C3CC[C@@H]4[C@](C)(CCC[C@]4(C)C(=O)O)[C@]3(CC1)OO2. The molecule has 1 saturated heterocycles. The molecule has 2 heterocycles. The third-order valence-electron chi connectivity index (χ3n) is 8.19. The third-order valence-corrected chi connectivity index (χ3v) is 8.19. The minimum absolute atomic E-state index is 0.0692. The zero-order chi connectivity index (χ0) is 18.3. The number of carboxylic acids is 1. The highest BCUT2D eigenvalue weighted by Crippen LogP contribution is 2.68. The molecule has 2 aliphatic heterocycles. The van der Waals surface area contributed by atoms with Gasteiger partial charge < -0.3 is 10.2 Å². The predicted molar refractivity (Wildman–Crippen MR) is 91.7 cm³/mol. The van der Waals surface area contributed by atoms with Crippen LogP contribution in [0.2, 0.25) is 0 Å². The van der Waals surface area contributed by atoms with Gasteiger partial charge >= 0.3 is 5.97 Å². The first kappa shape index (κ1) is 17.5. The zero-order valence-electron chi connectivity index (χ0n) is 15.7. The monoisotopic (exact) mass is 350 g/mol. The average molecular weight is 350 g/mol. The molecule has 0 amide bonds. The average Bonchev–Trinajstić information content (AvgIpc) is 2.54. The predicted octanol–water partition coefficient (Wildman–Crippen LogP) is 3.61. The van der Waals surface area contributed by atoms with E-state index in [9.17, 15) is 15.0 Å². The van der Waals surface area contributed by atoms with Crippen LogP contribution in [0, 0.1) is 16.7 Å². The smallest absolute Gasteiger partial charge is 0.309 e. The number of hydrogen-bond acceptors (Lipinski definition) is 4. The fourth-order valence-corrected chi connectivity index (χ4v) is 6.46. The van der Waals surface area contributed by atoms with Crippen molar-refractivity contribution in [1.29, 1.82) is 0 Å². The van der Waals surface area contributed by atoms with Crippen molar-refractivity contribution in [2.45, 2.75) is 89.4 Å². The summed E-state index contributed by atoms with van der Waals surface area (Å²) in [6, 6.07) is 0. The topological polar surface area (TPSA) is 76.0 Å². The molecule has 1 spiro atoms. The minimum atomic E-state index is -1.02. The van der Waals surface area contributed by atoms with Gasteiger partial charge in [0.2, 0.25) is 0 Å². The Balaban J connectivity index is 1.81. The first-order valence-electron chi connectivity index (χ1n) is 9.56. The number of aliphatic hydroxyl groups is 1. The maximum Gasteiger partial charge on any atom is 0.309 e. The quantitative estimate of drug-likeness (QED) is 0.588. The highest BCUT2D eigenvalue weighted by atomic mass is 17.2. The largest absolute Gasteiger partial charge is 0.481 e. The van der Waals surface area contributed by atoms with Gasteiger partial charge in [0.1, 0.15) is 11.2 Å². The van der Waals surface area contributed by atoms with Crippen LogP contribution in [-0.4, -0.2) is 33.0 Å². The molecule has 5 atom stereocenters. The van der Waals surface area contributed by atoms with Crippen LogP contribution < -0.4 is 0 Å². The Bertz CT molecular complexity index is 637. The molecule has 140 valence electrons. The molecule has 3 fully saturated rings. The van der Waals surface area contributed by atoms with Gasteiger partial charge in [-0.1, -0.05) is 13.3 Å². The Morgan fingerprint density at radius 1 is 1.20 bits per heavy atom. The molecule has 5 nitrogen and oxygen atoms in total. The Hall–Kier alpha value is -0.910. The van der Waals surface area contributed by atoms with Crippen LogP contribution in [0.15, 0.2) is 11.6 Å². The minimum Gasteiger partial charge on any atom is -0.481 e. The molecule has 5 heteroatoms. The lowest BCUT2D eigenvalue weighted by molar-refractivity contribution is -0.476. The second-order valence-electron chi connectivity index (χ2n) is 9.70.